The van der Waals surface area contributed by atoms with Gasteiger partial charge < -0.3 is 16.0 Å². The zero-order valence-electron chi connectivity index (χ0n) is 21.2. The number of thioether (sulfide) groups is 1. The summed E-state index contributed by atoms with van der Waals surface area (Å²) in [7, 11) is 0. The molecule has 0 aliphatic heterocycles. The normalized spacial score (nSPS) is 11.8. The summed E-state index contributed by atoms with van der Waals surface area (Å²) in [6.45, 7) is 1.50. The number of Topliss-reactive ketones (excluding diaryl/α,β-unsaturated/α-hetero) is 1. The van der Waals surface area contributed by atoms with Gasteiger partial charge in [-0.25, -0.2) is 0 Å². The molecule has 0 radical (unpaired) electrons. The lowest BCUT2D eigenvalue weighted by molar-refractivity contribution is -0.137. The molecule has 5 nitrogen and oxygen atoms in total. The molecule has 204 valence electrons. The van der Waals surface area contributed by atoms with Crippen molar-refractivity contribution >= 4 is 57.8 Å². The molecule has 4 rings (SSSR count). The molecule has 3 N–H and O–H groups in total. The third kappa shape index (κ3) is 7.93. The maximum absolute atomic E-state index is 13.3. The van der Waals surface area contributed by atoms with Gasteiger partial charge in [0.15, 0.2) is 10.9 Å². The quantitative estimate of drug-likeness (QED) is 0.111. The second-order valence-electron chi connectivity index (χ2n) is 8.72. The van der Waals surface area contributed by atoms with Crippen molar-refractivity contribution in [3.63, 3.8) is 0 Å². The molecule has 0 heterocycles. The summed E-state index contributed by atoms with van der Waals surface area (Å²) in [5.74, 6) is -0.487. The molecule has 10 heteroatoms. The van der Waals surface area contributed by atoms with Crippen molar-refractivity contribution in [2.45, 2.75) is 23.2 Å². The number of halogens is 3. The number of hydrogen-bond acceptors (Lipinski definition) is 4. The van der Waals surface area contributed by atoms with E-state index >= 15 is 0 Å². The number of carbonyl (C=O) groups is 2. The number of anilines is 3. The van der Waals surface area contributed by atoms with E-state index in [0.29, 0.717) is 27.6 Å². The molecular formula is C30H24F3N3O2S2. The number of carbonyl (C=O) groups excluding carboxylic acids is 2. The molecule has 0 bridgehead atoms. The lowest BCUT2D eigenvalue weighted by atomic mass is 10.1. The van der Waals surface area contributed by atoms with E-state index in [2.05, 4.69) is 16.0 Å². The highest BCUT2D eigenvalue weighted by atomic mass is 32.2. The molecule has 1 amide bonds. The van der Waals surface area contributed by atoms with E-state index in [9.17, 15) is 22.8 Å². The Morgan fingerprint density at radius 3 is 2.02 bits per heavy atom. The summed E-state index contributed by atoms with van der Waals surface area (Å²) in [5.41, 5.74) is 1.90. The van der Waals surface area contributed by atoms with Crippen molar-refractivity contribution in [2.75, 3.05) is 16.0 Å². The maximum atomic E-state index is 13.3. The van der Waals surface area contributed by atoms with E-state index in [0.717, 1.165) is 17.0 Å². The van der Waals surface area contributed by atoms with Gasteiger partial charge in [0.05, 0.1) is 5.56 Å². The number of nitrogens with one attached hydrogen (secondary N) is 3. The fourth-order valence-electron chi connectivity index (χ4n) is 3.75. The molecule has 1 atom stereocenters. The first-order valence-corrected chi connectivity index (χ1v) is 13.4. The first kappa shape index (κ1) is 28.8. The van der Waals surface area contributed by atoms with Crippen LogP contribution in [0.2, 0.25) is 0 Å². The number of rotatable bonds is 8. The minimum absolute atomic E-state index is 0.0288. The number of benzene rings is 4. The topological polar surface area (TPSA) is 70.2 Å². The summed E-state index contributed by atoms with van der Waals surface area (Å²) < 4.78 is 39.5. The van der Waals surface area contributed by atoms with Crippen LogP contribution in [0.3, 0.4) is 0 Å². The average molecular weight is 580 g/mol. The zero-order chi connectivity index (χ0) is 28.7. The second kappa shape index (κ2) is 12.8. The van der Waals surface area contributed by atoms with E-state index < -0.39 is 22.9 Å². The van der Waals surface area contributed by atoms with E-state index in [4.69, 9.17) is 12.2 Å². The molecule has 0 spiro atoms. The molecule has 0 saturated carbocycles. The number of amides is 1. The Bertz CT molecular complexity index is 1510. The lowest BCUT2D eigenvalue weighted by Gasteiger charge is -2.18. The van der Waals surface area contributed by atoms with Crippen LogP contribution in [0.1, 0.15) is 33.7 Å². The van der Waals surface area contributed by atoms with Crippen LogP contribution in [-0.4, -0.2) is 16.8 Å². The van der Waals surface area contributed by atoms with Gasteiger partial charge in [-0.3, -0.25) is 9.59 Å². The maximum Gasteiger partial charge on any atom is 0.416 e. The lowest BCUT2D eigenvalue weighted by Crippen LogP contribution is -2.20. The standard InChI is InChI=1S/C30H24F3N3O2S2/c1-19(37)20-13-15-23(16-14-20)35-29(39)36-25-11-6-12-26(18-25)40-27(21-7-3-2-4-8-21)28(38)34-24-10-5-9-22(17-24)30(31,32)33/h2-18,27H,1H3,(H,34,38)(H2,35,36,39). The molecule has 1 unspecified atom stereocenters. The van der Waals surface area contributed by atoms with Crippen molar-refractivity contribution in [2.24, 2.45) is 0 Å². The Morgan fingerprint density at radius 1 is 0.750 bits per heavy atom. The minimum Gasteiger partial charge on any atom is -0.332 e. The number of thiocarbonyl (C=S) groups is 1. The smallest absolute Gasteiger partial charge is 0.332 e. The summed E-state index contributed by atoms with van der Waals surface area (Å²) in [4.78, 5) is 25.5. The molecule has 0 aliphatic rings. The van der Waals surface area contributed by atoms with Gasteiger partial charge >= 0.3 is 6.18 Å². The van der Waals surface area contributed by atoms with E-state index in [1.54, 1.807) is 48.5 Å². The Labute approximate surface area is 239 Å². The Kier molecular flexibility index (Phi) is 9.23. The van der Waals surface area contributed by atoms with Crippen LogP contribution in [0, 0.1) is 0 Å². The van der Waals surface area contributed by atoms with E-state index in [1.165, 1.54) is 30.8 Å². The Hall–Kier alpha value is -4.15. The highest BCUT2D eigenvalue weighted by Crippen LogP contribution is 2.38. The van der Waals surface area contributed by atoms with Gasteiger partial charge in [0, 0.05) is 27.5 Å². The minimum atomic E-state index is -4.52. The van der Waals surface area contributed by atoms with Crippen molar-refractivity contribution in [1.29, 1.82) is 0 Å². The first-order valence-electron chi connectivity index (χ1n) is 12.1. The predicted octanol–water partition coefficient (Wildman–Crippen LogP) is 8.19. The van der Waals surface area contributed by atoms with E-state index in [-0.39, 0.29) is 11.5 Å². The number of alkyl halides is 3. The Morgan fingerprint density at radius 2 is 1.38 bits per heavy atom. The predicted molar refractivity (Wildman–Crippen MR) is 158 cm³/mol. The summed E-state index contributed by atoms with van der Waals surface area (Å²) in [5, 5.41) is 8.39. The second-order valence-corrected chi connectivity index (χ2v) is 10.3. The first-order chi connectivity index (χ1) is 19.1. The molecule has 0 fully saturated rings. The fourth-order valence-corrected chi connectivity index (χ4v) is 5.07. The van der Waals surface area contributed by atoms with Crippen LogP contribution >= 0.6 is 24.0 Å². The summed E-state index contributed by atoms with van der Waals surface area (Å²) in [6.07, 6.45) is -4.52. The number of hydrogen-bond donors (Lipinski definition) is 3. The SMILES string of the molecule is CC(=O)c1ccc(NC(=S)Nc2cccc(SC(C(=O)Nc3cccc(C(F)(F)F)c3)c3ccccc3)c2)cc1. The molecule has 0 aromatic heterocycles. The largest absolute Gasteiger partial charge is 0.416 e. The van der Waals surface area contributed by atoms with Crippen molar-refractivity contribution < 1.29 is 22.8 Å². The van der Waals surface area contributed by atoms with Crippen LogP contribution in [-0.2, 0) is 11.0 Å². The van der Waals surface area contributed by atoms with Gasteiger partial charge in [0.1, 0.15) is 5.25 Å². The molecule has 0 saturated heterocycles. The van der Waals surface area contributed by atoms with Crippen LogP contribution in [0.4, 0.5) is 30.2 Å². The van der Waals surface area contributed by atoms with Crippen LogP contribution in [0.15, 0.2) is 108 Å². The van der Waals surface area contributed by atoms with Crippen LogP contribution in [0.5, 0.6) is 0 Å². The van der Waals surface area contributed by atoms with E-state index in [1.807, 2.05) is 30.3 Å². The van der Waals surface area contributed by atoms with Gasteiger partial charge in [-0.05, 0) is 85.4 Å². The number of ketones is 1. The van der Waals surface area contributed by atoms with Gasteiger partial charge in [-0.2, -0.15) is 13.2 Å². The fraction of sp³-hybridized carbons (Fsp3) is 0.100. The third-order valence-electron chi connectivity index (χ3n) is 5.69. The molecule has 0 aliphatic carbocycles. The van der Waals surface area contributed by atoms with Crippen molar-refractivity contribution in [3.05, 3.63) is 120 Å². The van der Waals surface area contributed by atoms with Crippen molar-refractivity contribution in [1.82, 2.24) is 0 Å². The van der Waals surface area contributed by atoms with Gasteiger partial charge in [0.25, 0.3) is 0 Å². The summed E-state index contributed by atoms with van der Waals surface area (Å²) in [6, 6.07) is 27.8. The summed E-state index contributed by atoms with van der Waals surface area (Å²) >= 11 is 6.68. The highest BCUT2D eigenvalue weighted by molar-refractivity contribution is 8.00. The molecule has 4 aromatic rings. The van der Waals surface area contributed by atoms with Crippen LogP contribution in [0.25, 0.3) is 0 Å². The highest BCUT2D eigenvalue weighted by Gasteiger charge is 2.31. The Balaban J connectivity index is 1.48. The monoisotopic (exact) mass is 579 g/mol. The zero-order valence-corrected chi connectivity index (χ0v) is 22.8. The van der Waals surface area contributed by atoms with Crippen molar-refractivity contribution in [3.8, 4) is 0 Å². The third-order valence-corrected chi connectivity index (χ3v) is 7.15. The van der Waals surface area contributed by atoms with Gasteiger partial charge in [0.2, 0.25) is 5.91 Å². The average Bonchev–Trinajstić information content (AvgIpc) is 2.92. The molecule has 4 aromatic carbocycles. The molecular weight excluding hydrogens is 555 g/mol. The molecule has 40 heavy (non-hydrogen) atoms. The van der Waals surface area contributed by atoms with Gasteiger partial charge in [-0.1, -0.05) is 42.5 Å². The van der Waals surface area contributed by atoms with Gasteiger partial charge in [-0.15, -0.1) is 11.8 Å². The van der Waals surface area contributed by atoms with Crippen LogP contribution < -0.4 is 16.0 Å².